The van der Waals surface area contributed by atoms with Crippen molar-refractivity contribution in [2.75, 3.05) is 17.7 Å². The Morgan fingerprint density at radius 1 is 1.11 bits per heavy atom. The highest BCUT2D eigenvalue weighted by molar-refractivity contribution is 8.00. The molecule has 2 N–H and O–H groups in total. The molecule has 8 nitrogen and oxygen atoms in total. The first-order valence-electron chi connectivity index (χ1n) is 11.9. The number of aliphatic hydroxyl groups excluding tert-OH is 1. The Balaban J connectivity index is 1.42. The van der Waals surface area contributed by atoms with Crippen LogP contribution < -0.4 is 14.8 Å². The largest absolute Gasteiger partial charge is 0.494 e. The number of ether oxygens (including phenoxy) is 2. The highest BCUT2D eigenvalue weighted by Crippen LogP contribution is 2.42. The van der Waals surface area contributed by atoms with Crippen LogP contribution in [0, 0.1) is 6.92 Å². The smallest absolute Gasteiger partial charge is 0.234 e. The molecule has 0 bridgehead atoms. The summed E-state index contributed by atoms with van der Waals surface area (Å²) >= 11 is 1.33. The monoisotopic (exact) mass is 514 g/mol. The number of aryl methyl sites for hydroxylation is 1. The highest BCUT2D eigenvalue weighted by atomic mass is 32.2. The molecule has 0 aliphatic carbocycles. The van der Waals surface area contributed by atoms with Crippen molar-refractivity contribution in [1.29, 1.82) is 0 Å². The first kappa shape index (κ1) is 24.7. The lowest BCUT2D eigenvalue weighted by Gasteiger charge is -2.24. The number of carbonyl (C=O) groups is 1. The van der Waals surface area contributed by atoms with Crippen LogP contribution in [0.2, 0.25) is 0 Å². The van der Waals surface area contributed by atoms with Crippen molar-refractivity contribution in [3.63, 3.8) is 0 Å². The minimum Gasteiger partial charge on any atom is -0.494 e. The summed E-state index contributed by atoms with van der Waals surface area (Å²) in [5, 5.41) is 13.4. The van der Waals surface area contributed by atoms with Gasteiger partial charge in [-0.25, -0.2) is 4.98 Å². The summed E-state index contributed by atoms with van der Waals surface area (Å²) in [4.78, 5) is 26.7. The molecule has 1 aliphatic heterocycles. The average Bonchev–Trinajstić information content (AvgIpc) is 2.93. The van der Waals surface area contributed by atoms with Gasteiger partial charge in [-0.1, -0.05) is 42.1 Å². The second-order valence-electron chi connectivity index (χ2n) is 8.41. The Kier molecular flexibility index (Phi) is 7.34. The molecular formula is C28H26N4O4S. The molecule has 0 unspecified atom stereocenters. The molecule has 37 heavy (non-hydrogen) atoms. The number of thioether (sulfide) groups is 1. The number of anilines is 1. The van der Waals surface area contributed by atoms with Gasteiger partial charge >= 0.3 is 0 Å². The molecule has 1 amide bonds. The van der Waals surface area contributed by atoms with Crippen LogP contribution in [0.1, 0.15) is 29.3 Å². The standard InChI is InChI=1S/C28H26N4O4S/c1-3-35-21-11-9-20(10-12-21)30-24(34)16-37-28-23-13-22-19(15-33)14-29-17(2)25(22)36-27(23)31-26(32-28)18-7-5-4-6-8-18/h4-12,14,33H,3,13,15-16H2,1-2H3,(H,30,34). The third-order valence-electron chi connectivity index (χ3n) is 5.88. The fourth-order valence-corrected chi connectivity index (χ4v) is 4.89. The molecule has 5 rings (SSSR count). The predicted octanol–water partition coefficient (Wildman–Crippen LogP) is 5.17. The number of hydrogen-bond acceptors (Lipinski definition) is 8. The molecule has 0 saturated heterocycles. The third kappa shape index (κ3) is 5.42. The number of aliphatic hydroxyl groups is 1. The van der Waals surface area contributed by atoms with E-state index in [4.69, 9.17) is 19.4 Å². The lowest BCUT2D eigenvalue weighted by molar-refractivity contribution is -0.113. The Morgan fingerprint density at radius 3 is 2.62 bits per heavy atom. The molecule has 2 aromatic heterocycles. The van der Waals surface area contributed by atoms with Gasteiger partial charge in [0, 0.05) is 35.0 Å². The Labute approximate surface area is 219 Å². The maximum atomic E-state index is 12.8. The van der Waals surface area contributed by atoms with E-state index in [0.717, 1.165) is 28.1 Å². The zero-order valence-electron chi connectivity index (χ0n) is 20.5. The lowest BCUT2D eigenvalue weighted by Crippen LogP contribution is -2.16. The summed E-state index contributed by atoms with van der Waals surface area (Å²) in [6, 6.07) is 16.9. The summed E-state index contributed by atoms with van der Waals surface area (Å²) in [5.74, 6) is 2.32. The fourth-order valence-electron chi connectivity index (χ4n) is 4.06. The first-order valence-corrected chi connectivity index (χ1v) is 12.9. The minimum atomic E-state index is -0.156. The molecule has 188 valence electrons. The average molecular weight is 515 g/mol. The SMILES string of the molecule is CCOc1ccc(NC(=O)CSc2nc(-c3ccccc3)nc3c2Cc2c(CO)cnc(C)c2O3)cc1. The Morgan fingerprint density at radius 2 is 1.89 bits per heavy atom. The van der Waals surface area contributed by atoms with Crippen molar-refractivity contribution in [3.8, 4) is 28.8 Å². The van der Waals surface area contributed by atoms with Crippen molar-refractivity contribution in [2.45, 2.75) is 31.9 Å². The summed E-state index contributed by atoms with van der Waals surface area (Å²) in [7, 11) is 0. The molecule has 0 saturated carbocycles. The number of nitrogens with zero attached hydrogens (tertiary/aromatic N) is 3. The second-order valence-corrected chi connectivity index (χ2v) is 9.37. The number of benzene rings is 2. The van der Waals surface area contributed by atoms with Gasteiger partial charge in [-0.3, -0.25) is 9.78 Å². The molecule has 0 spiro atoms. The van der Waals surface area contributed by atoms with E-state index in [1.54, 1.807) is 6.20 Å². The van der Waals surface area contributed by atoms with Crippen LogP contribution in [0.4, 0.5) is 5.69 Å². The van der Waals surface area contributed by atoms with Crippen molar-refractivity contribution in [1.82, 2.24) is 15.0 Å². The topological polar surface area (TPSA) is 106 Å². The minimum absolute atomic E-state index is 0.149. The third-order valence-corrected chi connectivity index (χ3v) is 6.90. The van der Waals surface area contributed by atoms with Crippen molar-refractivity contribution < 1.29 is 19.4 Å². The molecule has 0 radical (unpaired) electrons. The van der Waals surface area contributed by atoms with E-state index in [1.807, 2.05) is 68.4 Å². The molecule has 3 heterocycles. The van der Waals surface area contributed by atoms with Gasteiger partial charge in [0.2, 0.25) is 11.8 Å². The number of rotatable bonds is 8. The maximum Gasteiger partial charge on any atom is 0.234 e. The zero-order valence-corrected chi connectivity index (χ0v) is 21.3. The van der Waals surface area contributed by atoms with Crippen molar-refractivity contribution >= 4 is 23.4 Å². The van der Waals surface area contributed by atoms with Crippen LogP contribution in [-0.4, -0.2) is 38.3 Å². The van der Waals surface area contributed by atoms with Gasteiger partial charge in [0.25, 0.3) is 0 Å². The van der Waals surface area contributed by atoms with Crippen LogP contribution in [0.3, 0.4) is 0 Å². The first-order chi connectivity index (χ1) is 18.1. The highest BCUT2D eigenvalue weighted by Gasteiger charge is 2.28. The molecule has 1 aliphatic rings. The predicted molar refractivity (Wildman–Crippen MR) is 142 cm³/mol. The van der Waals surface area contributed by atoms with Crippen LogP contribution in [0.5, 0.6) is 17.4 Å². The van der Waals surface area contributed by atoms with Gasteiger partial charge in [0.15, 0.2) is 11.6 Å². The van der Waals surface area contributed by atoms with E-state index >= 15 is 0 Å². The molecular weight excluding hydrogens is 488 g/mol. The summed E-state index contributed by atoms with van der Waals surface area (Å²) in [5.41, 5.74) is 4.60. The van der Waals surface area contributed by atoms with E-state index < -0.39 is 0 Å². The van der Waals surface area contributed by atoms with Gasteiger partial charge < -0.3 is 19.9 Å². The van der Waals surface area contributed by atoms with Crippen molar-refractivity contribution in [2.24, 2.45) is 0 Å². The van der Waals surface area contributed by atoms with Gasteiger partial charge in [-0.2, -0.15) is 4.98 Å². The second kappa shape index (κ2) is 11.0. The number of nitrogens with one attached hydrogen (secondary N) is 1. The normalized spacial score (nSPS) is 11.8. The fraction of sp³-hybridized carbons (Fsp3) is 0.214. The number of aromatic nitrogens is 3. The van der Waals surface area contributed by atoms with Crippen LogP contribution >= 0.6 is 11.8 Å². The van der Waals surface area contributed by atoms with Gasteiger partial charge in [0.05, 0.1) is 30.2 Å². The molecule has 4 aromatic rings. The van der Waals surface area contributed by atoms with Crippen LogP contribution in [-0.2, 0) is 17.8 Å². The number of fused-ring (bicyclic) bond motifs is 2. The van der Waals surface area contributed by atoms with Crippen LogP contribution in [0.15, 0.2) is 65.8 Å². The van der Waals surface area contributed by atoms with Crippen molar-refractivity contribution in [3.05, 3.63) is 83.2 Å². The van der Waals surface area contributed by atoms with Gasteiger partial charge in [0.1, 0.15) is 10.8 Å². The molecule has 2 aromatic carbocycles. The van der Waals surface area contributed by atoms with Gasteiger partial charge in [-0.15, -0.1) is 0 Å². The molecule has 0 fully saturated rings. The maximum absolute atomic E-state index is 12.8. The van der Waals surface area contributed by atoms with E-state index in [2.05, 4.69) is 10.3 Å². The Hall–Kier alpha value is -3.95. The summed E-state index contributed by atoms with van der Waals surface area (Å²) in [6.07, 6.45) is 2.14. The van der Waals surface area contributed by atoms with E-state index in [1.165, 1.54) is 11.8 Å². The van der Waals surface area contributed by atoms with E-state index in [0.29, 0.717) is 46.8 Å². The summed E-state index contributed by atoms with van der Waals surface area (Å²) in [6.45, 7) is 4.23. The number of hydrogen-bond donors (Lipinski definition) is 2. The van der Waals surface area contributed by atoms with Gasteiger partial charge in [-0.05, 0) is 38.1 Å². The summed E-state index contributed by atoms with van der Waals surface area (Å²) < 4.78 is 11.7. The molecule has 9 heteroatoms. The number of amides is 1. The van der Waals surface area contributed by atoms with E-state index in [-0.39, 0.29) is 18.3 Å². The lowest BCUT2D eigenvalue weighted by atomic mass is 9.99. The van der Waals surface area contributed by atoms with E-state index in [9.17, 15) is 9.90 Å². The van der Waals surface area contributed by atoms with Crippen LogP contribution in [0.25, 0.3) is 11.4 Å². The quantitative estimate of drug-likeness (QED) is 0.216. The number of carbonyl (C=O) groups excluding carboxylic acids is 1. The Bertz CT molecular complexity index is 1430. The molecule has 0 atom stereocenters. The zero-order chi connectivity index (χ0) is 25.8. The number of pyridine rings is 1.